The van der Waals surface area contributed by atoms with Gasteiger partial charge < -0.3 is 19.3 Å². The predicted molar refractivity (Wildman–Crippen MR) is 152 cm³/mol. The Morgan fingerprint density at radius 3 is 2.59 bits per heavy atom. The molecule has 3 saturated carbocycles. The van der Waals surface area contributed by atoms with Crippen LogP contribution in [0.3, 0.4) is 0 Å². The van der Waals surface area contributed by atoms with Gasteiger partial charge in [-0.15, -0.1) is 0 Å². The van der Waals surface area contributed by atoms with E-state index in [4.69, 9.17) is 14.2 Å². The van der Waals surface area contributed by atoms with Crippen molar-refractivity contribution in [1.29, 1.82) is 0 Å². The van der Waals surface area contributed by atoms with Gasteiger partial charge in [0.05, 0.1) is 25.7 Å². The van der Waals surface area contributed by atoms with Crippen molar-refractivity contribution in [3.05, 3.63) is 47.5 Å². The summed E-state index contributed by atoms with van der Waals surface area (Å²) in [4.78, 5) is 38.9. The first kappa shape index (κ1) is 28.6. The number of carboxylic acid groups (broad SMARTS) is 1. The van der Waals surface area contributed by atoms with Crippen molar-refractivity contribution in [2.24, 2.45) is 52.8 Å². The van der Waals surface area contributed by atoms with Crippen LogP contribution in [-0.2, 0) is 35.2 Å². The predicted octanol–water partition coefficient (Wildman–Crippen LogP) is 5.46. The largest absolute Gasteiger partial charge is 0.481 e. The highest BCUT2D eigenvalue weighted by atomic mass is 16.6. The molecule has 4 fully saturated rings. The minimum absolute atomic E-state index is 0.0225. The number of hydrogen-bond acceptors (Lipinski definition) is 6. The van der Waals surface area contributed by atoms with Gasteiger partial charge in [-0.1, -0.05) is 49.8 Å². The van der Waals surface area contributed by atoms with Crippen LogP contribution in [0, 0.1) is 52.8 Å². The number of aliphatic carboxylic acids is 1. The first-order valence-electron chi connectivity index (χ1n) is 15.6. The van der Waals surface area contributed by atoms with Gasteiger partial charge in [0.2, 0.25) is 0 Å². The summed E-state index contributed by atoms with van der Waals surface area (Å²) in [7, 11) is 0. The molecule has 1 N–H and O–H groups in total. The number of ether oxygens (including phenoxy) is 3. The number of benzene rings is 1. The third kappa shape index (κ3) is 5.07. The fraction of sp³-hybridized carbons (Fsp3) is 0.676. The molecular weight excluding hydrogens is 520 g/mol. The van der Waals surface area contributed by atoms with Crippen LogP contribution in [0.2, 0.25) is 0 Å². The monoisotopic (exact) mass is 564 g/mol. The number of carbonyl (C=O) groups excluding carboxylic acids is 2. The maximum atomic E-state index is 14.0. The lowest BCUT2D eigenvalue weighted by molar-refractivity contribution is -0.227. The molecule has 0 aromatic heterocycles. The normalized spacial score (nSPS) is 39.7. The number of carbonyl (C=O) groups is 3. The molecule has 2 bridgehead atoms. The number of esters is 1. The standard InChI is InChI=1S/C34H44O7/c1-19(2)13-22-9-10-24-23-11-12-26-25-17-39-18-34(26,27(23)14-28(36)31(24)30(22)33(37)38)15-29(41-20(3)35)32(25)40-16-21-7-5-4-6-8-21/h4-8,14,19,22-26,29-32H,9-13,15-18H2,1-3H3,(H,37,38)/t22?,23?,24?,25?,26?,29-,30?,31?,32-,34+/m1/s1. The summed E-state index contributed by atoms with van der Waals surface area (Å²) in [5.74, 6) is -1.30. The SMILES string of the molecule is CC(=O)O[C@@H]1C[C@]23COCC(C2CCC2C3=CC(=O)C3C2CCC(CC(C)C)C3C(=O)O)[C@H]1OCc1ccccc1. The average molecular weight is 565 g/mol. The molecule has 1 heterocycles. The zero-order valence-electron chi connectivity index (χ0n) is 24.5. The molecule has 6 rings (SSSR count). The second-order valence-electron chi connectivity index (χ2n) is 13.8. The highest BCUT2D eigenvalue weighted by Gasteiger charge is 2.64. The number of hydrogen-bond donors (Lipinski definition) is 1. The van der Waals surface area contributed by atoms with Gasteiger partial charge in [-0.05, 0) is 79.8 Å². The summed E-state index contributed by atoms with van der Waals surface area (Å²) in [6, 6.07) is 10.0. The number of ketones is 1. The van der Waals surface area contributed by atoms with E-state index < -0.39 is 29.3 Å². The molecule has 222 valence electrons. The molecule has 1 aliphatic heterocycles. The summed E-state index contributed by atoms with van der Waals surface area (Å²) >= 11 is 0. The van der Waals surface area contributed by atoms with Crippen LogP contribution >= 0.6 is 0 Å². The topological polar surface area (TPSA) is 99.1 Å². The highest BCUT2D eigenvalue weighted by molar-refractivity contribution is 5.97. The van der Waals surface area contributed by atoms with Crippen molar-refractivity contribution in [2.75, 3.05) is 13.2 Å². The molecule has 0 radical (unpaired) electrons. The summed E-state index contributed by atoms with van der Waals surface area (Å²) in [6.45, 7) is 7.18. The van der Waals surface area contributed by atoms with Crippen LogP contribution in [0.25, 0.3) is 0 Å². The molecule has 1 saturated heterocycles. The third-order valence-corrected chi connectivity index (χ3v) is 11.0. The summed E-state index contributed by atoms with van der Waals surface area (Å²) in [5.41, 5.74) is 1.81. The molecule has 7 unspecified atom stereocenters. The van der Waals surface area contributed by atoms with Crippen LogP contribution in [-0.4, -0.2) is 48.3 Å². The van der Waals surface area contributed by atoms with Crippen molar-refractivity contribution in [2.45, 2.75) is 78.1 Å². The van der Waals surface area contributed by atoms with Crippen molar-refractivity contribution < 1.29 is 33.7 Å². The lowest BCUT2D eigenvalue weighted by Gasteiger charge is -2.63. The maximum Gasteiger partial charge on any atom is 0.307 e. The molecular formula is C34H44O7. The Morgan fingerprint density at radius 2 is 1.88 bits per heavy atom. The fourth-order valence-corrected chi connectivity index (χ4v) is 9.74. The molecule has 1 aromatic carbocycles. The van der Waals surface area contributed by atoms with Gasteiger partial charge in [-0.3, -0.25) is 14.4 Å². The molecule has 7 heteroatoms. The van der Waals surface area contributed by atoms with E-state index in [0.29, 0.717) is 32.2 Å². The van der Waals surface area contributed by atoms with Crippen molar-refractivity contribution in [3.8, 4) is 0 Å². The van der Waals surface area contributed by atoms with Crippen LogP contribution in [0.4, 0.5) is 0 Å². The van der Waals surface area contributed by atoms with Crippen molar-refractivity contribution in [3.63, 3.8) is 0 Å². The van der Waals surface area contributed by atoms with E-state index in [-0.39, 0.29) is 47.4 Å². The smallest absolute Gasteiger partial charge is 0.307 e. The zero-order chi connectivity index (χ0) is 28.9. The number of rotatable bonds is 7. The van der Waals surface area contributed by atoms with E-state index in [9.17, 15) is 19.5 Å². The molecule has 0 amide bonds. The van der Waals surface area contributed by atoms with Gasteiger partial charge >= 0.3 is 11.9 Å². The second-order valence-corrected chi connectivity index (χ2v) is 13.8. The minimum Gasteiger partial charge on any atom is -0.481 e. The molecule has 7 nitrogen and oxygen atoms in total. The maximum absolute atomic E-state index is 14.0. The van der Waals surface area contributed by atoms with E-state index in [1.807, 2.05) is 36.4 Å². The van der Waals surface area contributed by atoms with Gasteiger partial charge in [-0.25, -0.2) is 0 Å². The zero-order valence-corrected chi connectivity index (χ0v) is 24.5. The Balaban J connectivity index is 1.33. The Kier molecular flexibility index (Phi) is 7.88. The number of carboxylic acids is 1. The van der Waals surface area contributed by atoms with Crippen molar-refractivity contribution >= 4 is 17.7 Å². The first-order valence-corrected chi connectivity index (χ1v) is 15.6. The van der Waals surface area contributed by atoms with Crippen LogP contribution in [0.15, 0.2) is 42.0 Å². The van der Waals surface area contributed by atoms with Crippen molar-refractivity contribution in [1.82, 2.24) is 0 Å². The Morgan fingerprint density at radius 1 is 1.10 bits per heavy atom. The minimum atomic E-state index is -0.825. The highest BCUT2D eigenvalue weighted by Crippen LogP contribution is 2.64. The van der Waals surface area contributed by atoms with Gasteiger partial charge in [0.25, 0.3) is 0 Å². The van der Waals surface area contributed by atoms with Crippen LogP contribution < -0.4 is 0 Å². The van der Waals surface area contributed by atoms with Gasteiger partial charge in [-0.2, -0.15) is 0 Å². The summed E-state index contributed by atoms with van der Waals surface area (Å²) in [6.07, 6.45) is 6.20. The number of allylic oxidation sites excluding steroid dienone is 1. The molecule has 4 aliphatic carbocycles. The van der Waals surface area contributed by atoms with Crippen LogP contribution in [0.5, 0.6) is 0 Å². The molecule has 10 atom stereocenters. The molecule has 1 aromatic rings. The molecule has 0 spiro atoms. The quantitative estimate of drug-likeness (QED) is 0.439. The van der Waals surface area contributed by atoms with Gasteiger partial charge in [0.1, 0.15) is 12.2 Å². The Hall–Kier alpha value is -2.51. The second kappa shape index (κ2) is 11.3. The Bertz CT molecular complexity index is 1190. The van der Waals surface area contributed by atoms with E-state index in [1.54, 1.807) is 0 Å². The van der Waals surface area contributed by atoms with E-state index in [0.717, 1.165) is 43.2 Å². The molecule has 41 heavy (non-hydrogen) atoms. The van der Waals surface area contributed by atoms with Crippen LogP contribution in [0.1, 0.15) is 64.9 Å². The first-order chi connectivity index (χ1) is 19.7. The molecule has 5 aliphatic rings. The fourth-order valence-electron chi connectivity index (χ4n) is 9.74. The third-order valence-electron chi connectivity index (χ3n) is 11.0. The average Bonchev–Trinajstić information content (AvgIpc) is 2.92. The summed E-state index contributed by atoms with van der Waals surface area (Å²) < 4.78 is 18.8. The lowest BCUT2D eigenvalue weighted by Crippen LogP contribution is -2.64. The van der Waals surface area contributed by atoms with E-state index >= 15 is 0 Å². The lowest BCUT2D eigenvalue weighted by atomic mass is 9.45. The summed E-state index contributed by atoms with van der Waals surface area (Å²) in [5, 5.41) is 10.3. The Labute approximate surface area is 243 Å². The van der Waals surface area contributed by atoms with Gasteiger partial charge in [0.15, 0.2) is 5.78 Å². The van der Waals surface area contributed by atoms with E-state index in [1.165, 1.54) is 6.92 Å². The van der Waals surface area contributed by atoms with E-state index in [2.05, 4.69) is 13.8 Å². The number of fused-ring (bicyclic) bond motifs is 3. The van der Waals surface area contributed by atoms with Gasteiger partial charge in [0, 0.05) is 24.2 Å².